The lowest BCUT2D eigenvalue weighted by Gasteiger charge is -2.26. The summed E-state index contributed by atoms with van der Waals surface area (Å²) in [7, 11) is 0. The molecule has 1 aliphatic rings. The molecule has 29 heavy (non-hydrogen) atoms. The zero-order chi connectivity index (χ0) is 19.7. The van der Waals surface area contributed by atoms with Gasteiger partial charge in [-0.25, -0.2) is 9.97 Å². The molecule has 0 bridgehead atoms. The molecule has 6 nitrogen and oxygen atoms in total. The van der Waals surface area contributed by atoms with E-state index in [2.05, 4.69) is 49.8 Å². The molecule has 4 rings (SSSR count). The van der Waals surface area contributed by atoms with Crippen molar-refractivity contribution in [2.75, 3.05) is 44.7 Å². The third kappa shape index (κ3) is 6.08. The van der Waals surface area contributed by atoms with Gasteiger partial charge in [-0.2, -0.15) is 0 Å². The highest BCUT2D eigenvalue weighted by molar-refractivity contribution is 7.18. The van der Waals surface area contributed by atoms with E-state index in [1.807, 2.05) is 30.6 Å². The second-order valence-electron chi connectivity index (χ2n) is 7.05. The van der Waals surface area contributed by atoms with Gasteiger partial charge < -0.3 is 15.4 Å². The fourth-order valence-electron chi connectivity index (χ4n) is 3.32. The van der Waals surface area contributed by atoms with Crippen molar-refractivity contribution in [2.45, 2.75) is 13.0 Å². The van der Waals surface area contributed by atoms with Crippen molar-refractivity contribution in [1.82, 2.24) is 20.2 Å². The maximum atomic E-state index is 5.39. The quantitative estimate of drug-likeness (QED) is 0.525. The smallest absolute Gasteiger partial charge is 0.188 e. The summed E-state index contributed by atoms with van der Waals surface area (Å²) < 4.78 is 5.39. The van der Waals surface area contributed by atoms with Crippen molar-refractivity contribution < 1.29 is 4.74 Å². The van der Waals surface area contributed by atoms with E-state index in [0.29, 0.717) is 0 Å². The number of thiazole rings is 1. The fourth-order valence-corrected chi connectivity index (χ4v) is 4.14. The van der Waals surface area contributed by atoms with Gasteiger partial charge in [0, 0.05) is 32.0 Å². The molecule has 0 saturated carbocycles. The van der Waals surface area contributed by atoms with E-state index >= 15 is 0 Å². The lowest BCUT2D eigenvalue weighted by Crippen LogP contribution is -2.37. The fraction of sp³-hybridized carbons (Fsp3) is 0.364. The standard InChI is InChI=1S/C22H27N5OS/c1-2-5-19(6-3-1)20-17-25-22(29-20)26-21-15-18(7-9-24-21)16-23-8-4-10-27-11-13-28-14-12-27/h1-3,5-7,9,15,17,23H,4,8,10-14,16H2,(H,24,25,26). The molecular weight excluding hydrogens is 382 g/mol. The van der Waals surface area contributed by atoms with Gasteiger partial charge in [-0.15, -0.1) is 0 Å². The number of benzene rings is 1. The van der Waals surface area contributed by atoms with Gasteiger partial charge >= 0.3 is 0 Å². The zero-order valence-corrected chi connectivity index (χ0v) is 17.3. The van der Waals surface area contributed by atoms with E-state index in [4.69, 9.17) is 4.74 Å². The van der Waals surface area contributed by atoms with Gasteiger partial charge in [0.2, 0.25) is 0 Å². The molecule has 2 aromatic heterocycles. The predicted molar refractivity (Wildman–Crippen MR) is 119 cm³/mol. The molecule has 0 spiro atoms. The third-order valence-electron chi connectivity index (χ3n) is 4.88. The molecule has 152 valence electrons. The maximum Gasteiger partial charge on any atom is 0.188 e. The monoisotopic (exact) mass is 409 g/mol. The van der Waals surface area contributed by atoms with Crippen LogP contribution in [0.5, 0.6) is 0 Å². The van der Waals surface area contributed by atoms with Gasteiger partial charge in [0.05, 0.1) is 18.1 Å². The molecule has 1 saturated heterocycles. The van der Waals surface area contributed by atoms with Crippen LogP contribution in [0.15, 0.2) is 54.9 Å². The van der Waals surface area contributed by atoms with Crippen molar-refractivity contribution in [3.8, 4) is 10.4 Å². The molecule has 0 unspecified atom stereocenters. The van der Waals surface area contributed by atoms with Crippen molar-refractivity contribution in [1.29, 1.82) is 0 Å². The van der Waals surface area contributed by atoms with E-state index in [0.717, 1.165) is 68.2 Å². The highest BCUT2D eigenvalue weighted by atomic mass is 32.1. The summed E-state index contributed by atoms with van der Waals surface area (Å²) in [6.45, 7) is 6.83. The average molecular weight is 410 g/mol. The number of pyridine rings is 1. The van der Waals surface area contributed by atoms with E-state index in [-0.39, 0.29) is 0 Å². The van der Waals surface area contributed by atoms with Gasteiger partial charge in [-0.05, 0) is 42.8 Å². The lowest BCUT2D eigenvalue weighted by atomic mass is 10.2. The molecule has 0 atom stereocenters. The number of hydrogen-bond donors (Lipinski definition) is 2. The summed E-state index contributed by atoms with van der Waals surface area (Å²) in [4.78, 5) is 12.5. The Hall–Kier alpha value is -2.32. The number of nitrogens with one attached hydrogen (secondary N) is 2. The molecule has 2 N–H and O–H groups in total. The molecule has 3 heterocycles. The molecule has 0 aliphatic carbocycles. The van der Waals surface area contributed by atoms with Crippen molar-refractivity contribution >= 4 is 22.3 Å². The number of rotatable bonds is 9. The van der Waals surface area contributed by atoms with Crippen LogP contribution in [0.1, 0.15) is 12.0 Å². The predicted octanol–water partition coefficient (Wildman–Crippen LogP) is 3.76. The SMILES string of the molecule is c1ccc(-c2cnc(Nc3cc(CNCCCN4CCOCC4)ccn3)s2)cc1. The van der Waals surface area contributed by atoms with Crippen molar-refractivity contribution in [2.24, 2.45) is 0 Å². The van der Waals surface area contributed by atoms with Crippen molar-refractivity contribution in [3.63, 3.8) is 0 Å². The van der Waals surface area contributed by atoms with Crippen LogP contribution in [0.2, 0.25) is 0 Å². The second-order valence-corrected chi connectivity index (χ2v) is 8.09. The Kier molecular flexibility index (Phi) is 7.20. The number of ether oxygens (including phenoxy) is 1. The van der Waals surface area contributed by atoms with Crippen LogP contribution in [-0.4, -0.2) is 54.3 Å². The maximum absolute atomic E-state index is 5.39. The molecule has 0 amide bonds. The Morgan fingerprint density at radius 1 is 1.07 bits per heavy atom. The van der Waals surface area contributed by atoms with E-state index in [1.165, 1.54) is 11.1 Å². The molecule has 3 aromatic rings. The van der Waals surface area contributed by atoms with Crippen LogP contribution in [0.4, 0.5) is 10.9 Å². The first-order chi connectivity index (χ1) is 14.4. The Morgan fingerprint density at radius 2 is 1.93 bits per heavy atom. The minimum Gasteiger partial charge on any atom is -0.379 e. The van der Waals surface area contributed by atoms with Crippen LogP contribution in [0.25, 0.3) is 10.4 Å². The summed E-state index contributed by atoms with van der Waals surface area (Å²) in [5, 5.41) is 7.71. The topological polar surface area (TPSA) is 62.3 Å². The van der Waals surface area contributed by atoms with Gasteiger partial charge in [-0.3, -0.25) is 4.90 Å². The Balaban J connectivity index is 1.24. The largest absolute Gasteiger partial charge is 0.379 e. The average Bonchev–Trinajstić information content (AvgIpc) is 3.24. The first-order valence-corrected chi connectivity index (χ1v) is 10.9. The summed E-state index contributed by atoms with van der Waals surface area (Å²) >= 11 is 1.63. The second kappa shape index (κ2) is 10.5. The number of anilines is 2. The van der Waals surface area contributed by atoms with Crippen LogP contribution in [0, 0.1) is 0 Å². The first kappa shape index (κ1) is 20.0. The van der Waals surface area contributed by atoms with Gasteiger partial charge in [0.15, 0.2) is 5.13 Å². The highest BCUT2D eigenvalue weighted by Gasteiger charge is 2.09. The lowest BCUT2D eigenvalue weighted by molar-refractivity contribution is 0.0374. The van der Waals surface area contributed by atoms with Crippen LogP contribution in [0.3, 0.4) is 0 Å². The third-order valence-corrected chi connectivity index (χ3v) is 5.85. The highest BCUT2D eigenvalue weighted by Crippen LogP contribution is 2.30. The van der Waals surface area contributed by atoms with Gasteiger partial charge in [0.25, 0.3) is 0 Å². The number of morpholine rings is 1. The summed E-state index contributed by atoms with van der Waals surface area (Å²) in [6, 6.07) is 14.4. The Morgan fingerprint density at radius 3 is 2.79 bits per heavy atom. The summed E-state index contributed by atoms with van der Waals surface area (Å²) in [5.41, 5.74) is 2.40. The molecule has 7 heteroatoms. The zero-order valence-electron chi connectivity index (χ0n) is 16.5. The van der Waals surface area contributed by atoms with E-state index < -0.39 is 0 Å². The minimum absolute atomic E-state index is 0.826. The minimum atomic E-state index is 0.826. The molecular formula is C22H27N5OS. The Bertz CT molecular complexity index is 880. The number of aromatic nitrogens is 2. The number of nitrogens with zero attached hydrogens (tertiary/aromatic N) is 3. The van der Waals surface area contributed by atoms with Crippen LogP contribution in [-0.2, 0) is 11.3 Å². The van der Waals surface area contributed by atoms with Gasteiger partial charge in [0.1, 0.15) is 5.82 Å². The van der Waals surface area contributed by atoms with E-state index in [9.17, 15) is 0 Å². The van der Waals surface area contributed by atoms with Crippen molar-refractivity contribution in [3.05, 3.63) is 60.4 Å². The molecule has 1 fully saturated rings. The van der Waals surface area contributed by atoms with Gasteiger partial charge in [-0.1, -0.05) is 41.7 Å². The molecule has 0 radical (unpaired) electrons. The number of hydrogen-bond acceptors (Lipinski definition) is 7. The van der Waals surface area contributed by atoms with Crippen LogP contribution >= 0.6 is 11.3 Å². The summed E-state index contributed by atoms with van der Waals surface area (Å²) in [6.07, 6.45) is 4.90. The first-order valence-electron chi connectivity index (χ1n) is 10.1. The Labute approximate surface area is 176 Å². The summed E-state index contributed by atoms with van der Waals surface area (Å²) in [5.74, 6) is 0.826. The molecule has 1 aromatic carbocycles. The van der Waals surface area contributed by atoms with E-state index in [1.54, 1.807) is 11.3 Å². The normalized spacial score (nSPS) is 14.8. The molecule has 1 aliphatic heterocycles. The van der Waals surface area contributed by atoms with Crippen LogP contribution < -0.4 is 10.6 Å².